The molecule has 0 aromatic rings. The lowest BCUT2D eigenvalue weighted by Crippen LogP contribution is -2.59. The normalized spacial score (nSPS) is 41.8. The van der Waals surface area contributed by atoms with E-state index < -0.39 is 30.7 Å². The van der Waals surface area contributed by atoms with Gasteiger partial charge in [0.25, 0.3) is 0 Å². The first-order valence-corrected chi connectivity index (χ1v) is 4.71. The van der Waals surface area contributed by atoms with Crippen molar-refractivity contribution in [3.63, 3.8) is 0 Å². The molecule has 0 spiro atoms. The Bertz CT molecular complexity index is 185. The van der Waals surface area contributed by atoms with Gasteiger partial charge in [-0.15, -0.1) is 0 Å². The van der Waals surface area contributed by atoms with Crippen molar-refractivity contribution in [3.05, 3.63) is 0 Å². The smallest absolute Gasteiger partial charge is 0.184 e. The van der Waals surface area contributed by atoms with Crippen LogP contribution in [0.25, 0.3) is 0 Å². The Labute approximate surface area is 88.7 Å². The van der Waals surface area contributed by atoms with Crippen molar-refractivity contribution < 1.29 is 29.2 Å². The van der Waals surface area contributed by atoms with Gasteiger partial charge in [-0.1, -0.05) is 0 Å². The fourth-order valence-electron chi connectivity index (χ4n) is 1.75. The first kappa shape index (κ1) is 12.8. The van der Waals surface area contributed by atoms with Crippen molar-refractivity contribution in [2.75, 3.05) is 27.9 Å². The Morgan fingerprint density at radius 3 is 2.13 bits per heavy atom. The number of hydrogen-bond acceptors (Lipinski definition) is 6. The highest BCUT2D eigenvalue weighted by Gasteiger charge is 2.45. The molecule has 1 aliphatic rings. The lowest BCUT2D eigenvalue weighted by molar-refractivity contribution is -0.296. The quantitative estimate of drug-likeness (QED) is 0.618. The lowest BCUT2D eigenvalue weighted by atomic mass is 9.99. The van der Waals surface area contributed by atoms with E-state index in [0.717, 1.165) is 0 Å². The highest BCUT2D eigenvalue weighted by atomic mass is 16.7. The van der Waals surface area contributed by atoms with Gasteiger partial charge in [-0.25, -0.2) is 0 Å². The van der Waals surface area contributed by atoms with E-state index in [4.69, 9.17) is 18.9 Å². The van der Waals surface area contributed by atoms with Crippen LogP contribution in [-0.2, 0) is 18.9 Å². The van der Waals surface area contributed by atoms with E-state index >= 15 is 0 Å². The fourth-order valence-corrected chi connectivity index (χ4v) is 1.75. The van der Waals surface area contributed by atoms with E-state index in [1.807, 2.05) is 0 Å². The van der Waals surface area contributed by atoms with Gasteiger partial charge in [0.1, 0.15) is 24.4 Å². The van der Waals surface area contributed by atoms with E-state index in [2.05, 4.69) is 0 Å². The van der Waals surface area contributed by atoms with Crippen molar-refractivity contribution in [3.8, 4) is 0 Å². The molecule has 5 atom stereocenters. The topological polar surface area (TPSA) is 77.4 Å². The summed E-state index contributed by atoms with van der Waals surface area (Å²) in [5.74, 6) is 0. The standard InChI is InChI=1S/C9H18O6/c1-12-4-5-7(13-2)6(10)8(14-3)9(11)15-5/h5-11H,4H2,1-3H3/t5-,6+,7-,8-,9?/m1/s1. The molecule has 0 aromatic heterocycles. The summed E-state index contributed by atoms with van der Waals surface area (Å²) < 4.78 is 20.2. The third-order valence-electron chi connectivity index (χ3n) is 2.51. The highest BCUT2D eigenvalue weighted by molar-refractivity contribution is 4.90. The van der Waals surface area contributed by atoms with Gasteiger partial charge < -0.3 is 29.2 Å². The summed E-state index contributed by atoms with van der Waals surface area (Å²) in [7, 11) is 4.37. The number of hydrogen-bond donors (Lipinski definition) is 2. The summed E-state index contributed by atoms with van der Waals surface area (Å²) in [6, 6.07) is 0. The molecule has 0 amide bonds. The third-order valence-corrected chi connectivity index (χ3v) is 2.51. The number of ether oxygens (including phenoxy) is 4. The zero-order valence-corrected chi connectivity index (χ0v) is 9.12. The first-order chi connectivity index (χ1) is 7.15. The minimum atomic E-state index is -1.17. The Kier molecular flexibility index (Phi) is 4.91. The minimum Gasteiger partial charge on any atom is -0.387 e. The van der Waals surface area contributed by atoms with Crippen LogP contribution in [0.4, 0.5) is 0 Å². The van der Waals surface area contributed by atoms with Gasteiger partial charge in [-0.05, 0) is 0 Å². The van der Waals surface area contributed by atoms with Crippen molar-refractivity contribution >= 4 is 0 Å². The molecule has 6 heteroatoms. The number of rotatable bonds is 4. The van der Waals surface area contributed by atoms with Crippen molar-refractivity contribution in [1.29, 1.82) is 0 Å². The fraction of sp³-hybridized carbons (Fsp3) is 1.00. The van der Waals surface area contributed by atoms with Gasteiger partial charge >= 0.3 is 0 Å². The molecule has 1 aliphatic heterocycles. The molecule has 1 rings (SSSR count). The van der Waals surface area contributed by atoms with Crippen LogP contribution in [0, 0.1) is 0 Å². The molecular weight excluding hydrogens is 204 g/mol. The molecule has 1 fully saturated rings. The monoisotopic (exact) mass is 222 g/mol. The zero-order valence-electron chi connectivity index (χ0n) is 9.12. The molecule has 0 aromatic carbocycles. The van der Waals surface area contributed by atoms with Crippen molar-refractivity contribution in [2.24, 2.45) is 0 Å². The van der Waals surface area contributed by atoms with E-state index in [1.54, 1.807) is 0 Å². The molecule has 90 valence electrons. The van der Waals surface area contributed by atoms with Gasteiger partial charge in [-0.3, -0.25) is 0 Å². The number of aliphatic hydroxyl groups is 2. The van der Waals surface area contributed by atoms with Crippen LogP contribution >= 0.6 is 0 Å². The Hall–Kier alpha value is -0.240. The van der Waals surface area contributed by atoms with E-state index in [9.17, 15) is 10.2 Å². The zero-order chi connectivity index (χ0) is 11.4. The maximum absolute atomic E-state index is 9.85. The molecule has 0 bridgehead atoms. The van der Waals surface area contributed by atoms with E-state index in [-0.39, 0.29) is 6.61 Å². The Balaban J connectivity index is 2.70. The molecule has 2 N–H and O–H groups in total. The van der Waals surface area contributed by atoms with Gasteiger partial charge in [0.2, 0.25) is 0 Å². The summed E-state index contributed by atoms with van der Waals surface area (Å²) in [5, 5.41) is 19.4. The SMILES string of the molecule is COC[C@H]1OC(O)[C@H](OC)[C@@H](O)[C@@H]1OC. The Morgan fingerprint density at radius 2 is 1.67 bits per heavy atom. The van der Waals surface area contributed by atoms with Crippen LogP contribution < -0.4 is 0 Å². The largest absolute Gasteiger partial charge is 0.387 e. The molecule has 0 radical (unpaired) electrons. The van der Waals surface area contributed by atoms with Crippen LogP contribution in [0.1, 0.15) is 0 Å². The summed E-state index contributed by atoms with van der Waals surface area (Å²) in [4.78, 5) is 0. The first-order valence-electron chi connectivity index (χ1n) is 4.71. The maximum atomic E-state index is 9.85. The predicted molar refractivity (Wildman–Crippen MR) is 50.4 cm³/mol. The molecule has 0 aliphatic carbocycles. The maximum Gasteiger partial charge on any atom is 0.184 e. The van der Waals surface area contributed by atoms with E-state index in [1.165, 1.54) is 21.3 Å². The highest BCUT2D eigenvalue weighted by Crippen LogP contribution is 2.23. The molecule has 1 unspecified atom stereocenters. The molecule has 0 saturated carbocycles. The summed E-state index contributed by atoms with van der Waals surface area (Å²) >= 11 is 0. The predicted octanol–water partition coefficient (Wildman–Crippen LogP) is -1.26. The van der Waals surface area contributed by atoms with Gasteiger partial charge in [0.15, 0.2) is 6.29 Å². The van der Waals surface area contributed by atoms with Gasteiger partial charge in [-0.2, -0.15) is 0 Å². The molecular formula is C9H18O6. The Morgan fingerprint density at radius 1 is 1.07 bits per heavy atom. The second-order valence-corrected chi connectivity index (χ2v) is 3.41. The van der Waals surface area contributed by atoms with Crippen molar-refractivity contribution in [1.82, 2.24) is 0 Å². The lowest BCUT2D eigenvalue weighted by Gasteiger charge is -2.41. The second-order valence-electron chi connectivity index (χ2n) is 3.41. The van der Waals surface area contributed by atoms with Gasteiger partial charge in [0.05, 0.1) is 6.61 Å². The van der Waals surface area contributed by atoms with E-state index in [0.29, 0.717) is 0 Å². The molecule has 6 nitrogen and oxygen atoms in total. The number of methoxy groups -OCH3 is 3. The summed E-state index contributed by atoms with van der Waals surface area (Å²) in [6.07, 6.45) is -3.99. The second kappa shape index (κ2) is 5.74. The van der Waals surface area contributed by atoms with Crippen LogP contribution in [0.5, 0.6) is 0 Å². The summed E-state index contributed by atoms with van der Waals surface area (Å²) in [5.41, 5.74) is 0. The molecule has 15 heavy (non-hydrogen) atoms. The van der Waals surface area contributed by atoms with Crippen molar-refractivity contribution in [2.45, 2.75) is 30.7 Å². The average Bonchev–Trinajstić information content (AvgIpc) is 2.19. The molecule has 1 heterocycles. The van der Waals surface area contributed by atoms with Crippen LogP contribution in [0.15, 0.2) is 0 Å². The van der Waals surface area contributed by atoms with Crippen LogP contribution in [0.2, 0.25) is 0 Å². The molecule has 1 saturated heterocycles. The van der Waals surface area contributed by atoms with Crippen LogP contribution in [0.3, 0.4) is 0 Å². The van der Waals surface area contributed by atoms with Gasteiger partial charge in [0, 0.05) is 21.3 Å². The minimum absolute atomic E-state index is 0.239. The average molecular weight is 222 g/mol. The third kappa shape index (κ3) is 2.66. The summed E-state index contributed by atoms with van der Waals surface area (Å²) in [6.45, 7) is 0.239. The number of aliphatic hydroxyl groups excluding tert-OH is 2. The van der Waals surface area contributed by atoms with Crippen LogP contribution in [-0.4, -0.2) is 68.9 Å².